The van der Waals surface area contributed by atoms with Crippen LogP contribution in [0.15, 0.2) is 58.8 Å². The largest absolute Gasteiger partial charge is 0.465 e. The number of hydrogen-bond acceptors (Lipinski definition) is 8. The van der Waals surface area contributed by atoms with Crippen LogP contribution in [0.5, 0.6) is 0 Å². The van der Waals surface area contributed by atoms with Gasteiger partial charge in [0.1, 0.15) is 5.70 Å². The molecule has 1 heterocycles. The smallest absolute Gasteiger partial charge is 0.355 e. The van der Waals surface area contributed by atoms with Crippen molar-refractivity contribution in [3.63, 3.8) is 0 Å². The maximum absolute atomic E-state index is 12.6. The summed E-state index contributed by atoms with van der Waals surface area (Å²) in [5.74, 6) is -1.47. The van der Waals surface area contributed by atoms with Crippen LogP contribution in [0.4, 0.5) is 11.4 Å². The van der Waals surface area contributed by atoms with Gasteiger partial charge in [-0.25, -0.2) is 9.59 Å². The molecule has 0 unspecified atom stereocenters. The first-order chi connectivity index (χ1) is 14.9. The average Bonchev–Trinajstić information content (AvgIpc) is 3.01. The predicted molar refractivity (Wildman–Crippen MR) is 118 cm³/mol. The SMILES string of the molecule is COC(=O)C1=C(C(=O)OC)N(c2cc(SC3CCCCC3)cc([N+](=O)[O-])c2)C=CC=C1. The third-order valence-electron chi connectivity index (χ3n) is 5.11. The third-order valence-corrected chi connectivity index (χ3v) is 6.42. The fraction of sp³-hybridized carbons (Fsp3) is 0.364. The van der Waals surface area contributed by atoms with Crippen LogP contribution in [0.2, 0.25) is 0 Å². The van der Waals surface area contributed by atoms with Gasteiger partial charge in [-0.05, 0) is 31.1 Å². The quantitative estimate of drug-likeness (QED) is 0.359. The number of anilines is 1. The number of ether oxygens (including phenoxy) is 2. The van der Waals surface area contributed by atoms with E-state index >= 15 is 0 Å². The summed E-state index contributed by atoms with van der Waals surface area (Å²) in [7, 11) is 2.42. The molecule has 0 atom stereocenters. The molecule has 31 heavy (non-hydrogen) atoms. The summed E-state index contributed by atoms with van der Waals surface area (Å²) in [6.45, 7) is 0. The number of carbonyl (C=O) groups is 2. The molecule has 1 fully saturated rings. The molecule has 1 saturated carbocycles. The highest BCUT2D eigenvalue weighted by Gasteiger charge is 2.29. The van der Waals surface area contributed by atoms with Gasteiger partial charge in [0.05, 0.1) is 30.4 Å². The molecule has 0 bridgehead atoms. The van der Waals surface area contributed by atoms with E-state index < -0.39 is 16.9 Å². The predicted octanol–water partition coefficient (Wildman–Crippen LogP) is 4.51. The molecule has 9 heteroatoms. The van der Waals surface area contributed by atoms with Gasteiger partial charge in [-0.2, -0.15) is 0 Å². The molecular weight excluding hydrogens is 420 g/mol. The molecule has 2 aliphatic rings. The summed E-state index contributed by atoms with van der Waals surface area (Å²) in [6, 6.07) is 4.71. The number of carbonyl (C=O) groups excluding carboxylic acids is 2. The van der Waals surface area contributed by atoms with Gasteiger partial charge < -0.3 is 14.4 Å². The van der Waals surface area contributed by atoms with Crippen molar-refractivity contribution >= 4 is 35.1 Å². The fourth-order valence-corrected chi connectivity index (χ4v) is 4.95. The summed E-state index contributed by atoms with van der Waals surface area (Å²) in [6.07, 6.45) is 11.9. The lowest BCUT2D eigenvalue weighted by atomic mass is 10.0. The lowest BCUT2D eigenvalue weighted by Crippen LogP contribution is -2.27. The van der Waals surface area contributed by atoms with E-state index in [4.69, 9.17) is 9.47 Å². The Kier molecular flexibility index (Phi) is 7.51. The Morgan fingerprint density at radius 1 is 1.06 bits per heavy atom. The Morgan fingerprint density at radius 2 is 1.77 bits per heavy atom. The van der Waals surface area contributed by atoms with Gasteiger partial charge in [-0.1, -0.05) is 25.3 Å². The number of benzene rings is 1. The molecule has 0 amide bonds. The van der Waals surface area contributed by atoms with E-state index in [9.17, 15) is 19.7 Å². The maximum atomic E-state index is 12.6. The highest BCUT2D eigenvalue weighted by atomic mass is 32.2. The molecule has 3 rings (SSSR count). The minimum absolute atomic E-state index is 0.00709. The summed E-state index contributed by atoms with van der Waals surface area (Å²) >= 11 is 1.61. The third kappa shape index (κ3) is 5.35. The van der Waals surface area contributed by atoms with Crippen LogP contribution in [0.1, 0.15) is 32.1 Å². The first kappa shape index (κ1) is 22.6. The monoisotopic (exact) mass is 444 g/mol. The van der Waals surface area contributed by atoms with E-state index in [1.54, 1.807) is 42.2 Å². The van der Waals surface area contributed by atoms with Crippen molar-refractivity contribution < 1.29 is 24.0 Å². The number of nitro benzene ring substituents is 1. The Balaban J connectivity index is 2.10. The lowest BCUT2D eigenvalue weighted by Gasteiger charge is -2.24. The number of nitro groups is 1. The Morgan fingerprint density at radius 3 is 2.42 bits per heavy atom. The van der Waals surface area contributed by atoms with Gasteiger partial charge in [0.25, 0.3) is 5.69 Å². The fourth-order valence-electron chi connectivity index (χ4n) is 3.62. The molecule has 0 radical (unpaired) electrons. The van der Waals surface area contributed by atoms with Gasteiger partial charge >= 0.3 is 11.9 Å². The van der Waals surface area contributed by atoms with E-state index in [1.165, 1.54) is 37.7 Å². The van der Waals surface area contributed by atoms with E-state index in [-0.39, 0.29) is 17.0 Å². The zero-order valence-electron chi connectivity index (χ0n) is 17.4. The second-order valence-corrected chi connectivity index (χ2v) is 8.51. The van der Waals surface area contributed by atoms with Gasteiger partial charge in [-0.15, -0.1) is 11.8 Å². The topological polar surface area (TPSA) is 99.0 Å². The Labute approximate surface area is 184 Å². The van der Waals surface area contributed by atoms with E-state index in [0.29, 0.717) is 10.9 Å². The summed E-state index contributed by atoms with van der Waals surface area (Å²) in [5, 5.41) is 12.0. The van der Waals surface area contributed by atoms with Crippen LogP contribution >= 0.6 is 11.8 Å². The summed E-state index contributed by atoms with van der Waals surface area (Å²) in [5.41, 5.74) is 0.209. The normalized spacial score (nSPS) is 16.8. The molecule has 0 N–H and O–H groups in total. The molecule has 8 nitrogen and oxygen atoms in total. The van der Waals surface area contributed by atoms with Crippen molar-refractivity contribution in [3.8, 4) is 0 Å². The minimum Gasteiger partial charge on any atom is -0.465 e. The van der Waals surface area contributed by atoms with Crippen molar-refractivity contribution in [2.45, 2.75) is 42.2 Å². The van der Waals surface area contributed by atoms with Gasteiger partial charge in [0.15, 0.2) is 0 Å². The van der Waals surface area contributed by atoms with Crippen LogP contribution in [0, 0.1) is 10.1 Å². The second kappa shape index (κ2) is 10.3. The highest BCUT2D eigenvalue weighted by molar-refractivity contribution is 8.00. The van der Waals surface area contributed by atoms with Crippen molar-refractivity contribution in [3.05, 3.63) is 64.0 Å². The molecule has 0 aromatic heterocycles. The molecular formula is C22H24N2O6S. The van der Waals surface area contributed by atoms with Crippen LogP contribution in [0.25, 0.3) is 0 Å². The second-order valence-electron chi connectivity index (χ2n) is 7.14. The number of methoxy groups -OCH3 is 2. The van der Waals surface area contributed by atoms with Gasteiger partial charge in [-0.3, -0.25) is 10.1 Å². The summed E-state index contributed by atoms with van der Waals surface area (Å²) in [4.78, 5) is 38.3. The molecule has 1 aromatic rings. The zero-order valence-corrected chi connectivity index (χ0v) is 18.2. The van der Waals surface area contributed by atoms with Crippen LogP contribution < -0.4 is 4.90 Å². The van der Waals surface area contributed by atoms with Crippen molar-refractivity contribution in [2.24, 2.45) is 0 Å². The van der Waals surface area contributed by atoms with E-state index in [0.717, 1.165) is 30.6 Å². The van der Waals surface area contributed by atoms with Crippen molar-refractivity contribution in [2.75, 3.05) is 19.1 Å². The molecule has 164 valence electrons. The molecule has 0 spiro atoms. The molecule has 1 aliphatic heterocycles. The minimum atomic E-state index is -0.760. The number of non-ortho nitro benzene ring substituents is 1. The molecule has 1 aliphatic carbocycles. The standard InChI is InChI=1S/C22H24N2O6S/c1-29-21(25)19-10-6-7-11-23(20(19)22(26)30-2)15-12-16(24(27)28)14-18(13-15)31-17-8-4-3-5-9-17/h6-7,10-14,17H,3-5,8-9H2,1-2H3. The Hall–Kier alpha value is -3.07. The highest BCUT2D eigenvalue weighted by Crippen LogP contribution is 2.38. The molecule has 1 aromatic carbocycles. The Bertz CT molecular complexity index is 963. The van der Waals surface area contributed by atoms with Crippen molar-refractivity contribution in [1.82, 2.24) is 0 Å². The van der Waals surface area contributed by atoms with E-state index in [2.05, 4.69) is 0 Å². The number of thioether (sulfide) groups is 1. The van der Waals surface area contributed by atoms with E-state index in [1.807, 2.05) is 0 Å². The number of rotatable bonds is 6. The number of allylic oxidation sites excluding steroid dienone is 2. The van der Waals surface area contributed by atoms with Crippen LogP contribution in [-0.2, 0) is 19.1 Å². The zero-order chi connectivity index (χ0) is 22.4. The molecule has 0 saturated heterocycles. The van der Waals surface area contributed by atoms with Crippen LogP contribution in [0.3, 0.4) is 0 Å². The lowest BCUT2D eigenvalue weighted by molar-refractivity contribution is -0.385. The number of esters is 2. The van der Waals surface area contributed by atoms with Crippen molar-refractivity contribution in [1.29, 1.82) is 0 Å². The number of hydrogen-bond donors (Lipinski definition) is 0. The first-order valence-electron chi connectivity index (χ1n) is 9.95. The summed E-state index contributed by atoms with van der Waals surface area (Å²) < 4.78 is 9.72. The van der Waals surface area contributed by atoms with Crippen LogP contribution in [-0.4, -0.2) is 36.3 Å². The number of nitrogens with zero attached hydrogens (tertiary/aromatic N) is 2. The first-order valence-corrected chi connectivity index (χ1v) is 10.8. The van der Waals surface area contributed by atoms with Gasteiger partial charge in [0.2, 0.25) is 0 Å². The average molecular weight is 445 g/mol. The maximum Gasteiger partial charge on any atom is 0.355 e. The van der Waals surface area contributed by atoms with Gasteiger partial charge in [0, 0.05) is 28.5 Å².